The summed E-state index contributed by atoms with van der Waals surface area (Å²) in [7, 11) is 0. The highest BCUT2D eigenvalue weighted by Crippen LogP contribution is 2.35. The molecule has 0 aliphatic heterocycles. The van der Waals surface area contributed by atoms with Crippen molar-refractivity contribution in [2.75, 3.05) is 6.54 Å². The van der Waals surface area contributed by atoms with Crippen LogP contribution in [0.25, 0.3) is 0 Å². The standard InChI is InChI=1S/C15H13Br3FNO/c16-11-1-2-14(19)10(7-11)8-21-15-12(17)5-9(3-4-20)6-13(15)18/h1-2,5-7H,3-4,8,20H2. The van der Waals surface area contributed by atoms with Crippen molar-refractivity contribution in [1.29, 1.82) is 0 Å². The van der Waals surface area contributed by atoms with Gasteiger partial charge in [-0.25, -0.2) is 4.39 Å². The molecule has 0 unspecified atom stereocenters. The highest BCUT2D eigenvalue weighted by molar-refractivity contribution is 9.11. The quantitative estimate of drug-likeness (QED) is 0.637. The number of ether oxygens (including phenoxy) is 1. The minimum Gasteiger partial charge on any atom is -0.486 e. The van der Waals surface area contributed by atoms with Gasteiger partial charge in [0.1, 0.15) is 18.2 Å². The molecule has 0 heterocycles. The first-order valence-electron chi connectivity index (χ1n) is 6.26. The SMILES string of the molecule is NCCc1cc(Br)c(OCc2cc(Br)ccc2F)c(Br)c1. The van der Waals surface area contributed by atoms with E-state index in [2.05, 4.69) is 47.8 Å². The van der Waals surface area contributed by atoms with Gasteiger partial charge in [0.25, 0.3) is 0 Å². The van der Waals surface area contributed by atoms with Crippen LogP contribution in [0.15, 0.2) is 43.7 Å². The van der Waals surface area contributed by atoms with Crippen LogP contribution in [-0.4, -0.2) is 6.54 Å². The monoisotopic (exact) mass is 479 g/mol. The zero-order valence-corrected chi connectivity index (χ0v) is 15.8. The first kappa shape index (κ1) is 16.9. The van der Waals surface area contributed by atoms with Gasteiger partial charge in [0.2, 0.25) is 0 Å². The second-order valence-electron chi connectivity index (χ2n) is 4.45. The molecule has 2 aromatic carbocycles. The van der Waals surface area contributed by atoms with Gasteiger partial charge >= 0.3 is 0 Å². The Hall–Kier alpha value is -0.430. The second kappa shape index (κ2) is 7.72. The summed E-state index contributed by atoms with van der Waals surface area (Å²) in [5, 5.41) is 0. The molecule has 2 rings (SSSR count). The molecule has 0 aromatic heterocycles. The predicted molar refractivity (Wildman–Crippen MR) is 93.0 cm³/mol. The molecule has 0 atom stereocenters. The lowest BCUT2D eigenvalue weighted by atomic mass is 10.1. The molecule has 2 N–H and O–H groups in total. The molecule has 0 saturated carbocycles. The molecule has 0 fully saturated rings. The summed E-state index contributed by atoms with van der Waals surface area (Å²) in [6, 6.07) is 8.71. The molecule has 112 valence electrons. The maximum atomic E-state index is 13.7. The number of benzene rings is 2. The van der Waals surface area contributed by atoms with E-state index in [4.69, 9.17) is 10.5 Å². The zero-order chi connectivity index (χ0) is 15.4. The van der Waals surface area contributed by atoms with Crippen molar-refractivity contribution in [2.45, 2.75) is 13.0 Å². The van der Waals surface area contributed by atoms with Gasteiger partial charge in [0.05, 0.1) is 8.95 Å². The maximum Gasteiger partial charge on any atom is 0.148 e. The van der Waals surface area contributed by atoms with Crippen molar-refractivity contribution in [3.8, 4) is 5.75 Å². The topological polar surface area (TPSA) is 35.2 Å². The van der Waals surface area contributed by atoms with E-state index in [9.17, 15) is 4.39 Å². The molecule has 2 nitrogen and oxygen atoms in total. The Balaban J connectivity index is 2.18. The largest absolute Gasteiger partial charge is 0.486 e. The number of hydrogen-bond acceptors (Lipinski definition) is 2. The molecule has 0 aliphatic carbocycles. The van der Waals surface area contributed by atoms with Crippen molar-refractivity contribution in [1.82, 2.24) is 0 Å². The van der Waals surface area contributed by atoms with Crippen LogP contribution in [0.3, 0.4) is 0 Å². The Morgan fingerprint density at radius 1 is 1.05 bits per heavy atom. The smallest absolute Gasteiger partial charge is 0.148 e. The first-order chi connectivity index (χ1) is 10.0. The van der Waals surface area contributed by atoms with Crippen LogP contribution in [0, 0.1) is 5.82 Å². The van der Waals surface area contributed by atoms with Crippen LogP contribution in [-0.2, 0) is 13.0 Å². The van der Waals surface area contributed by atoms with Gasteiger partial charge in [-0.2, -0.15) is 0 Å². The fourth-order valence-corrected chi connectivity index (χ4v) is 3.78. The van der Waals surface area contributed by atoms with Gasteiger partial charge < -0.3 is 10.5 Å². The second-order valence-corrected chi connectivity index (χ2v) is 7.08. The summed E-state index contributed by atoms with van der Waals surface area (Å²) in [5.41, 5.74) is 7.16. The molecular formula is C15H13Br3FNO. The van der Waals surface area contributed by atoms with Gasteiger partial charge in [-0.15, -0.1) is 0 Å². The average molecular weight is 482 g/mol. The molecule has 0 radical (unpaired) electrons. The van der Waals surface area contributed by atoms with E-state index in [1.807, 2.05) is 12.1 Å². The van der Waals surface area contributed by atoms with Gasteiger partial charge in [0, 0.05) is 10.0 Å². The number of halogens is 4. The Bertz CT molecular complexity index is 626. The van der Waals surface area contributed by atoms with E-state index in [1.165, 1.54) is 6.07 Å². The van der Waals surface area contributed by atoms with Crippen molar-refractivity contribution in [2.24, 2.45) is 5.73 Å². The lowest BCUT2D eigenvalue weighted by Crippen LogP contribution is -2.04. The predicted octanol–water partition coefficient (Wildman–Crippen LogP) is 5.19. The fraction of sp³-hybridized carbons (Fsp3) is 0.200. The summed E-state index contributed by atoms with van der Waals surface area (Å²) in [4.78, 5) is 0. The van der Waals surface area contributed by atoms with E-state index in [1.54, 1.807) is 12.1 Å². The summed E-state index contributed by atoms with van der Waals surface area (Å²) in [6.07, 6.45) is 0.789. The lowest BCUT2D eigenvalue weighted by molar-refractivity contribution is 0.296. The summed E-state index contributed by atoms with van der Waals surface area (Å²) >= 11 is 10.3. The van der Waals surface area contributed by atoms with Crippen LogP contribution < -0.4 is 10.5 Å². The highest BCUT2D eigenvalue weighted by atomic mass is 79.9. The highest BCUT2D eigenvalue weighted by Gasteiger charge is 2.11. The molecule has 0 amide bonds. The van der Waals surface area contributed by atoms with Gasteiger partial charge in [-0.3, -0.25) is 0 Å². The molecule has 6 heteroatoms. The normalized spacial score (nSPS) is 10.7. The minimum atomic E-state index is -0.287. The molecule has 21 heavy (non-hydrogen) atoms. The zero-order valence-electron chi connectivity index (χ0n) is 11.0. The molecule has 0 aliphatic rings. The van der Waals surface area contributed by atoms with Crippen molar-refractivity contribution < 1.29 is 9.13 Å². The van der Waals surface area contributed by atoms with Crippen molar-refractivity contribution in [3.63, 3.8) is 0 Å². The van der Waals surface area contributed by atoms with Crippen molar-refractivity contribution >= 4 is 47.8 Å². The third-order valence-corrected chi connectivity index (χ3v) is 4.54. The first-order valence-corrected chi connectivity index (χ1v) is 8.64. The molecule has 0 saturated heterocycles. The third-order valence-electron chi connectivity index (χ3n) is 2.87. The number of hydrogen-bond donors (Lipinski definition) is 1. The summed E-state index contributed by atoms with van der Waals surface area (Å²) < 4.78 is 21.9. The molecule has 0 spiro atoms. The Labute approximate surface area is 148 Å². The number of nitrogens with two attached hydrogens (primary N) is 1. The van der Waals surface area contributed by atoms with Gasteiger partial charge in [-0.1, -0.05) is 15.9 Å². The van der Waals surface area contributed by atoms with E-state index in [-0.39, 0.29) is 12.4 Å². The van der Waals surface area contributed by atoms with E-state index >= 15 is 0 Å². The van der Waals surface area contributed by atoms with Gasteiger partial charge in [0.15, 0.2) is 0 Å². The van der Waals surface area contributed by atoms with Gasteiger partial charge in [-0.05, 0) is 80.7 Å². The van der Waals surface area contributed by atoms with Crippen molar-refractivity contribution in [3.05, 3.63) is 60.7 Å². The number of rotatable bonds is 5. The van der Waals surface area contributed by atoms with E-state index < -0.39 is 0 Å². The van der Waals surface area contributed by atoms with Crippen LogP contribution in [0.5, 0.6) is 5.75 Å². The van der Waals surface area contributed by atoms with E-state index in [0.29, 0.717) is 17.9 Å². The lowest BCUT2D eigenvalue weighted by Gasteiger charge is -2.13. The molecule has 2 aromatic rings. The van der Waals surface area contributed by atoms with Crippen LogP contribution in [0.2, 0.25) is 0 Å². The maximum absolute atomic E-state index is 13.7. The Morgan fingerprint density at radius 3 is 2.33 bits per heavy atom. The van der Waals surface area contributed by atoms with E-state index in [0.717, 1.165) is 25.4 Å². The minimum absolute atomic E-state index is 0.151. The average Bonchev–Trinajstić information content (AvgIpc) is 2.42. The van der Waals surface area contributed by atoms with Crippen LogP contribution in [0.1, 0.15) is 11.1 Å². The molecular weight excluding hydrogens is 469 g/mol. The Kier molecular flexibility index (Phi) is 6.22. The fourth-order valence-electron chi connectivity index (χ4n) is 1.87. The Morgan fingerprint density at radius 2 is 1.71 bits per heavy atom. The van der Waals surface area contributed by atoms with Crippen LogP contribution in [0.4, 0.5) is 4.39 Å². The van der Waals surface area contributed by atoms with Crippen LogP contribution >= 0.6 is 47.8 Å². The summed E-state index contributed by atoms with van der Waals surface area (Å²) in [5.74, 6) is 0.361. The third kappa shape index (κ3) is 4.52. The summed E-state index contributed by atoms with van der Waals surface area (Å²) in [6.45, 7) is 0.737. The molecule has 0 bridgehead atoms.